The Kier molecular flexibility index (Phi) is 8.49. The summed E-state index contributed by atoms with van der Waals surface area (Å²) in [6, 6.07) is 10.9. The van der Waals surface area contributed by atoms with Crippen LogP contribution in [0.15, 0.2) is 41.8 Å². The molecule has 0 radical (unpaired) electrons. The maximum atomic E-state index is 12.6. The summed E-state index contributed by atoms with van der Waals surface area (Å²) in [4.78, 5) is 38.8. The highest BCUT2D eigenvalue weighted by atomic mass is 32.1. The molecule has 1 saturated heterocycles. The third kappa shape index (κ3) is 6.71. The molecule has 1 aliphatic heterocycles. The van der Waals surface area contributed by atoms with Crippen molar-refractivity contribution in [3.8, 4) is 5.75 Å². The smallest absolute Gasteiger partial charge is 0.321 e. The van der Waals surface area contributed by atoms with Crippen molar-refractivity contribution in [3.63, 3.8) is 0 Å². The second kappa shape index (κ2) is 11.5. The lowest BCUT2D eigenvalue weighted by Crippen LogP contribution is -2.43. The van der Waals surface area contributed by atoms with Gasteiger partial charge >= 0.3 is 12.0 Å². The van der Waals surface area contributed by atoms with Crippen LogP contribution in [0.2, 0.25) is 0 Å². The largest absolute Gasteiger partial charge is 0.495 e. The predicted molar refractivity (Wildman–Crippen MR) is 123 cm³/mol. The zero-order chi connectivity index (χ0) is 22.9. The third-order valence-electron chi connectivity index (χ3n) is 5.64. The minimum absolute atomic E-state index is 0.0619. The Morgan fingerprint density at radius 1 is 1.16 bits per heavy atom. The Morgan fingerprint density at radius 3 is 2.56 bits per heavy atom. The van der Waals surface area contributed by atoms with Crippen molar-refractivity contribution >= 4 is 34.9 Å². The molecule has 2 heterocycles. The highest BCUT2D eigenvalue weighted by molar-refractivity contribution is 7.10. The number of hydrogen-bond donors (Lipinski definition) is 3. The second-order valence-electron chi connectivity index (χ2n) is 7.88. The number of likely N-dealkylation sites (tertiary alicyclic amines) is 1. The fraction of sp³-hybridized carbons (Fsp3) is 0.435. The molecule has 1 aromatic carbocycles. The average Bonchev–Trinajstić information content (AvgIpc) is 3.33. The molecule has 1 aromatic heterocycles. The minimum atomic E-state index is -0.907. The van der Waals surface area contributed by atoms with Crippen molar-refractivity contribution in [1.29, 1.82) is 0 Å². The highest BCUT2D eigenvalue weighted by Gasteiger charge is 2.25. The zero-order valence-electron chi connectivity index (χ0n) is 18.1. The summed E-state index contributed by atoms with van der Waals surface area (Å²) < 4.78 is 5.27. The van der Waals surface area contributed by atoms with Crippen LogP contribution in [0.3, 0.4) is 0 Å². The van der Waals surface area contributed by atoms with Crippen molar-refractivity contribution in [2.45, 2.75) is 31.6 Å². The fourth-order valence-corrected chi connectivity index (χ4v) is 4.67. The molecule has 3 rings (SSSR count). The zero-order valence-corrected chi connectivity index (χ0v) is 18.9. The Bertz CT molecular complexity index is 910. The molecular weight excluding hydrogens is 430 g/mol. The molecule has 9 heteroatoms. The molecule has 0 aliphatic carbocycles. The van der Waals surface area contributed by atoms with Gasteiger partial charge in [-0.15, -0.1) is 11.3 Å². The van der Waals surface area contributed by atoms with E-state index in [0.29, 0.717) is 31.1 Å². The topological polar surface area (TPSA) is 108 Å². The van der Waals surface area contributed by atoms with Crippen LogP contribution in [0.1, 0.15) is 36.5 Å². The second-order valence-corrected chi connectivity index (χ2v) is 8.86. The van der Waals surface area contributed by atoms with E-state index in [1.165, 1.54) is 11.3 Å². The van der Waals surface area contributed by atoms with Gasteiger partial charge in [-0.25, -0.2) is 4.79 Å². The van der Waals surface area contributed by atoms with Crippen LogP contribution in [-0.2, 0) is 9.59 Å². The number of para-hydroxylation sites is 2. The van der Waals surface area contributed by atoms with Crippen LogP contribution in [0.5, 0.6) is 5.75 Å². The molecular formula is C23H29N3O5S. The Morgan fingerprint density at radius 2 is 1.91 bits per heavy atom. The summed E-state index contributed by atoms with van der Waals surface area (Å²) in [5.41, 5.74) is 0.635. The van der Waals surface area contributed by atoms with Crippen molar-refractivity contribution in [1.82, 2.24) is 10.2 Å². The van der Waals surface area contributed by atoms with Gasteiger partial charge in [-0.1, -0.05) is 18.2 Å². The number of urea groups is 1. The number of benzene rings is 1. The molecule has 1 aliphatic rings. The monoisotopic (exact) mass is 459 g/mol. The molecule has 2 aromatic rings. The summed E-state index contributed by atoms with van der Waals surface area (Å²) >= 11 is 1.47. The lowest BCUT2D eigenvalue weighted by molar-refractivity contribution is -0.137. The van der Waals surface area contributed by atoms with E-state index in [4.69, 9.17) is 9.84 Å². The Hall–Kier alpha value is -3.07. The van der Waals surface area contributed by atoms with Gasteiger partial charge < -0.3 is 25.4 Å². The SMILES string of the molecule is COc1ccccc1NC(=O)N1CCC(CNC(=O)CC(CC(=O)O)c2cccs2)CC1. The van der Waals surface area contributed by atoms with Gasteiger partial charge in [0.2, 0.25) is 5.91 Å². The fourth-order valence-electron chi connectivity index (χ4n) is 3.84. The molecule has 0 bridgehead atoms. The Balaban J connectivity index is 1.42. The average molecular weight is 460 g/mol. The van der Waals surface area contributed by atoms with Crippen LogP contribution in [0.25, 0.3) is 0 Å². The minimum Gasteiger partial charge on any atom is -0.495 e. The summed E-state index contributed by atoms with van der Waals surface area (Å²) in [5, 5.41) is 16.9. The van der Waals surface area contributed by atoms with E-state index in [1.807, 2.05) is 29.6 Å². The summed E-state index contributed by atoms with van der Waals surface area (Å²) in [6.45, 7) is 1.75. The van der Waals surface area contributed by atoms with Gasteiger partial charge in [-0.05, 0) is 42.3 Å². The maximum absolute atomic E-state index is 12.6. The van der Waals surface area contributed by atoms with Crippen LogP contribution in [0, 0.1) is 5.92 Å². The van der Waals surface area contributed by atoms with Crippen LogP contribution in [-0.4, -0.2) is 54.7 Å². The number of piperidine rings is 1. The van der Waals surface area contributed by atoms with E-state index in [2.05, 4.69) is 10.6 Å². The van der Waals surface area contributed by atoms with E-state index in [-0.39, 0.29) is 36.6 Å². The van der Waals surface area contributed by atoms with E-state index in [9.17, 15) is 14.4 Å². The summed E-state index contributed by atoms with van der Waals surface area (Å²) in [7, 11) is 1.56. The highest BCUT2D eigenvalue weighted by Crippen LogP contribution is 2.28. The summed E-state index contributed by atoms with van der Waals surface area (Å²) in [5.74, 6) is -0.458. The van der Waals surface area contributed by atoms with E-state index in [1.54, 1.807) is 24.1 Å². The predicted octanol–water partition coefficient (Wildman–Crippen LogP) is 3.77. The number of carbonyl (C=O) groups excluding carboxylic acids is 2. The van der Waals surface area contributed by atoms with Gasteiger partial charge in [0.1, 0.15) is 5.75 Å². The molecule has 0 saturated carbocycles. The normalized spacial score (nSPS) is 15.1. The van der Waals surface area contributed by atoms with Crippen molar-refractivity contribution in [2.24, 2.45) is 5.92 Å². The molecule has 8 nitrogen and oxygen atoms in total. The van der Waals surface area contributed by atoms with Gasteiger partial charge in [0.05, 0.1) is 19.2 Å². The number of ether oxygens (including phenoxy) is 1. The van der Waals surface area contributed by atoms with Crippen molar-refractivity contribution in [2.75, 3.05) is 32.1 Å². The number of carboxylic acids is 1. The maximum Gasteiger partial charge on any atom is 0.321 e. The number of nitrogens with zero attached hydrogens (tertiary/aromatic N) is 1. The number of nitrogens with one attached hydrogen (secondary N) is 2. The van der Waals surface area contributed by atoms with Gasteiger partial charge in [-0.3, -0.25) is 9.59 Å². The number of carboxylic acid groups (broad SMARTS) is 1. The number of aliphatic carboxylic acids is 1. The number of hydrogen-bond acceptors (Lipinski definition) is 5. The van der Waals surface area contributed by atoms with Gasteiger partial charge in [0, 0.05) is 36.9 Å². The van der Waals surface area contributed by atoms with E-state index in [0.717, 1.165) is 17.7 Å². The molecule has 32 heavy (non-hydrogen) atoms. The molecule has 3 amide bonds. The molecule has 1 unspecified atom stereocenters. The Labute approximate surface area is 191 Å². The number of anilines is 1. The van der Waals surface area contributed by atoms with Crippen molar-refractivity contribution < 1.29 is 24.2 Å². The first-order valence-electron chi connectivity index (χ1n) is 10.7. The van der Waals surface area contributed by atoms with Crippen LogP contribution >= 0.6 is 11.3 Å². The number of amides is 3. The van der Waals surface area contributed by atoms with Crippen molar-refractivity contribution in [3.05, 3.63) is 46.7 Å². The molecule has 1 fully saturated rings. The van der Waals surface area contributed by atoms with E-state index >= 15 is 0 Å². The van der Waals surface area contributed by atoms with Gasteiger partial charge in [-0.2, -0.15) is 0 Å². The molecule has 0 spiro atoms. The number of rotatable bonds is 9. The standard InChI is InChI=1S/C23H29N3O5S/c1-31-19-6-3-2-5-18(19)25-23(30)26-10-8-16(9-11-26)15-24-21(27)13-17(14-22(28)29)20-7-4-12-32-20/h2-7,12,16-17H,8-11,13-15H2,1H3,(H,24,27)(H,25,30)(H,28,29). The summed E-state index contributed by atoms with van der Waals surface area (Å²) in [6.07, 6.45) is 1.69. The number of carbonyl (C=O) groups is 3. The first-order valence-corrected chi connectivity index (χ1v) is 11.5. The number of methoxy groups -OCH3 is 1. The quantitative estimate of drug-likeness (QED) is 0.529. The molecule has 3 N–H and O–H groups in total. The third-order valence-corrected chi connectivity index (χ3v) is 6.67. The van der Waals surface area contributed by atoms with E-state index < -0.39 is 5.97 Å². The molecule has 1 atom stereocenters. The first kappa shape index (κ1) is 23.6. The lowest BCUT2D eigenvalue weighted by Gasteiger charge is -2.32. The first-order chi connectivity index (χ1) is 15.5. The number of thiophene rings is 1. The van der Waals surface area contributed by atoms with Crippen LogP contribution in [0.4, 0.5) is 10.5 Å². The van der Waals surface area contributed by atoms with Gasteiger partial charge in [0.25, 0.3) is 0 Å². The van der Waals surface area contributed by atoms with Crippen LogP contribution < -0.4 is 15.4 Å². The molecule has 172 valence electrons. The van der Waals surface area contributed by atoms with Gasteiger partial charge in [0.15, 0.2) is 0 Å². The lowest BCUT2D eigenvalue weighted by atomic mass is 9.96.